The van der Waals surface area contributed by atoms with Gasteiger partial charge in [0.15, 0.2) is 0 Å². The van der Waals surface area contributed by atoms with Crippen LogP contribution in [0.15, 0.2) is 30.0 Å². The van der Waals surface area contributed by atoms with Crippen molar-refractivity contribution in [2.45, 2.75) is 25.7 Å². The molecule has 0 aromatic heterocycles. The maximum absolute atomic E-state index is 12.4. The molecule has 3 N–H and O–H groups in total. The number of imide groups is 1. The second kappa shape index (κ2) is 8.84. The number of unbranched alkanes of at least 4 members (excludes halogenated alkanes) is 2. The van der Waals surface area contributed by atoms with Crippen molar-refractivity contribution >= 4 is 23.9 Å². The Bertz CT molecular complexity index is 687. The average molecular weight is 347 g/mol. The maximum atomic E-state index is 12.4. The van der Waals surface area contributed by atoms with Gasteiger partial charge in [-0.05, 0) is 25.0 Å². The van der Waals surface area contributed by atoms with Crippen molar-refractivity contribution in [2.75, 3.05) is 13.7 Å². The van der Waals surface area contributed by atoms with E-state index in [0.29, 0.717) is 30.6 Å². The van der Waals surface area contributed by atoms with Crippen LogP contribution in [0, 0.1) is 0 Å². The third-order valence-electron chi connectivity index (χ3n) is 3.81. The van der Waals surface area contributed by atoms with Crippen LogP contribution in [0.5, 0.6) is 5.75 Å². The Morgan fingerprint density at radius 2 is 2.04 bits per heavy atom. The zero-order valence-electron chi connectivity index (χ0n) is 13.9. The van der Waals surface area contributed by atoms with E-state index < -0.39 is 11.9 Å². The largest absolute Gasteiger partial charge is 0.496 e. The maximum Gasteiger partial charge on any atom is 0.329 e. The van der Waals surface area contributed by atoms with Gasteiger partial charge in [0, 0.05) is 18.5 Å². The fraction of sp³-hybridized carbons (Fsp3) is 0.353. The molecule has 1 saturated heterocycles. The van der Waals surface area contributed by atoms with E-state index in [9.17, 15) is 14.4 Å². The molecular formula is C17H21N3O5. The molecule has 0 radical (unpaired) electrons. The minimum Gasteiger partial charge on any atom is -0.496 e. The molecule has 2 rings (SSSR count). The van der Waals surface area contributed by atoms with Gasteiger partial charge in [-0.25, -0.2) is 10.3 Å². The van der Waals surface area contributed by atoms with Gasteiger partial charge in [0.25, 0.3) is 5.91 Å². The van der Waals surface area contributed by atoms with Gasteiger partial charge in [-0.1, -0.05) is 24.6 Å². The van der Waals surface area contributed by atoms with Crippen molar-refractivity contribution < 1.29 is 24.3 Å². The number of ether oxygens (including phenoxy) is 1. The summed E-state index contributed by atoms with van der Waals surface area (Å²) < 4.78 is 5.23. The molecule has 1 fully saturated rings. The van der Waals surface area contributed by atoms with Crippen molar-refractivity contribution in [3.05, 3.63) is 35.5 Å². The van der Waals surface area contributed by atoms with Crippen LogP contribution in [-0.4, -0.2) is 41.6 Å². The van der Waals surface area contributed by atoms with Crippen LogP contribution in [0.25, 0.3) is 6.08 Å². The number of methoxy groups -OCH3 is 1. The molecule has 0 bridgehead atoms. The van der Waals surface area contributed by atoms with Gasteiger partial charge in [0.1, 0.15) is 11.4 Å². The number of nitrogens with zero attached hydrogens (tertiary/aromatic N) is 1. The Morgan fingerprint density at radius 1 is 1.28 bits per heavy atom. The molecule has 8 nitrogen and oxygen atoms in total. The summed E-state index contributed by atoms with van der Waals surface area (Å²) in [5.41, 5.74) is 2.47. The summed E-state index contributed by atoms with van der Waals surface area (Å²) in [6.07, 6.45) is 3.61. The number of para-hydroxylation sites is 1. The van der Waals surface area contributed by atoms with E-state index in [2.05, 4.69) is 5.32 Å². The SMILES string of the molecule is COc1ccccc1C=C1NC(=O)N(CCCCCC(=O)NO)C1=O. The van der Waals surface area contributed by atoms with Crippen molar-refractivity contribution in [2.24, 2.45) is 0 Å². The van der Waals surface area contributed by atoms with Crippen LogP contribution in [0.1, 0.15) is 31.2 Å². The normalized spacial score (nSPS) is 15.4. The van der Waals surface area contributed by atoms with Crippen molar-refractivity contribution in [3.8, 4) is 5.75 Å². The number of benzene rings is 1. The summed E-state index contributed by atoms with van der Waals surface area (Å²) in [4.78, 5) is 36.4. The van der Waals surface area contributed by atoms with E-state index in [1.807, 2.05) is 12.1 Å². The second-order valence-corrected chi connectivity index (χ2v) is 5.53. The predicted octanol–water partition coefficient (Wildman–Crippen LogP) is 1.65. The Hall–Kier alpha value is -2.87. The van der Waals surface area contributed by atoms with Gasteiger partial charge in [-0.15, -0.1) is 0 Å². The summed E-state index contributed by atoms with van der Waals surface area (Å²) in [6, 6.07) is 6.74. The summed E-state index contributed by atoms with van der Waals surface area (Å²) >= 11 is 0. The smallest absolute Gasteiger partial charge is 0.329 e. The lowest BCUT2D eigenvalue weighted by Gasteiger charge is -2.11. The van der Waals surface area contributed by atoms with Gasteiger partial charge in [0.05, 0.1) is 7.11 Å². The number of amides is 4. The Balaban J connectivity index is 1.93. The monoisotopic (exact) mass is 347 g/mol. The molecule has 1 aromatic rings. The highest BCUT2D eigenvalue weighted by molar-refractivity contribution is 6.14. The van der Waals surface area contributed by atoms with Crippen LogP contribution in [0.2, 0.25) is 0 Å². The summed E-state index contributed by atoms with van der Waals surface area (Å²) in [6.45, 7) is 0.272. The quantitative estimate of drug-likeness (QED) is 0.218. The molecule has 0 unspecified atom stereocenters. The lowest BCUT2D eigenvalue weighted by atomic mass is 10.1. The van der Waals surface area contributed by atoms with Crippen molar-refractivity contribution in [1.82, 2.24) is 15.7 Å². The van der Waals surface area contributed by atoms with E-state index in [4.69, 9.17) is 9.94 Å². The van der Waals surface area contributed by atoms with Crippen LogP contribution in [0.3, 0.4) is 0 Å². The highest BCUT2D eigenvalue weighted by Crippen LogP contribution is 2.22. The number of hydrogen-bond acceptors (Lipinski definition) is 5. The molecule has 134 valence electrons. The van der Waals surface area contributed by atoms with Crippen molar-refractivity contribution in [3.63, 3.8) is 0 Å². The number of nitrogens with one attached hydrogen (secondary N) is 2. The fourth-order valence-electron chi connectivity index (χ4n) is 2.50. The number of urea groups is 1. The fourth-order valence-corrected chi connectivity index (χ4v) is 2.50. The average Bonchev–Trinajstić information content (AvgIpc) is 2.88. The van der Waals surface area contributed by atoms with E-state index >= 15 is 0 Å². The van der Waals surface area contributed by atoms with Crippen LogP contribution < -0.4 is 15.5 Å². The zero-order chi connectivity index (χ0) is 18.2. The first kappa shape index (κ1) is 18.5. The number of carbonyl (C=O) groups is 3. The molecule has 1 aliphatic rings. The molecule has 1 aliphatic heterocycles. The first-order chi connectivity index (χ1) is 12.1. The summed E-state index contributed by atoms with van der Waals surface area (Å²) in [5.74, 6) is -0.223. The molecule has 0 saturated carbocycles. The lowest BCUT2D eigenvalue weighted by molar-refractivity contribution is -0.129. The molecule has 0 aliphatic carbocycles. The first-order valence-corrected chi connectivity index (χ1v) is 7.97. The molecule has 4 amide bonds. The third kappa shape index (κ3) is 4.80. The second-order valence-electron chi connectivity index (χ2n) is 5.53. The van der Waals surface area contributed by atoms with Gasteiger partial charge in [-0.2, -0.15) is 0 Å². The molecule has 0 atom stereocenters. The number of rotatable bonds is 8. The molecule has 1 aromatic carbocycles. The number of hydroxylamine groups is 1. The minimum atomic E-state index is -0.459. The van der Waals surface area contributed by atoms with Crippen LogP contribution in [-0.2, 0) is 9.59 Å². The standard InChI is InChI=1S/C17H21N3O5/c1-25-14-8-5-4-7-12(14)11-13-16(22)20(17(23)18-13)10-6-2-3-9-15(21)19-24/h4-5,7-8,11,24H,2-3,6,9-10H2,1H3,(H,18,23)(H,19,21). The van der Waals surface area contributed by atoms with Gasteiger partial charge < -0.3 is 10.1 Å². The van der Waals surface area contributed by atoms with E-state index in [0.717, 1.165) is 4.90 Å². The molecule has 1 heterocycles. The number of carbonyl (C=O) groups excluding carboxylic acids is 3. The topological polar surface area (TPSA) is 108 Å². The Morgan fingerprint density at radius 3 is 2.76 bits per heavy atom. The highest BCUT2D eigenvalue weighted by Gasteiger charge is 2.33. The van der Waals surface area contributed by atoms with Crippen molar-refractivity contribution in [1.29, 1.82) is 0 Å². The first-order valence-electron chi connectivity index (χ1n) is 7.97. The third-order valence-corrected chi connectivity index (χ3v) is 3.81. The van der Waals surface area contributed by atoms with E-state index in [-0.39, 0.29) is 24.6 Å². The van der Waals surface area contributed by atoms with Gasteiger partial charge in [-0.3, -0.25) is 19.7 Å². The summed E-state index contributed by atoms with van der Waals surface area (Å²) in [5, 5.41) is 11.0. The zero-order valence-corrected chi connectivity index (χ0v) is 13.9. The minimum absolute atomic E-state index is 0.203. The van der Waals surface area contributed by atoms with Crippen LogP contribution >= 0.6 is 0 Å². The highest BCUT2D eigenvalue weighted by atomic mass is 16.5. The van der Waals surface area contributed by atoms with Gasteiger partial charge >= 0.3 is 6.03 Å². The van der Waals surface area contributed by atoms with Crippen LogP contribution in [0.4, 0.5) is 4.79 Å². The lowest BCUT2D eigenvalue weighted by Crippen LogP contribution is -2.31. The van der Waals surface area contributed by atoms with Gasteiger partial charge in [0.2, 0.25) is 5.91 Å². The number of hydrogen-bond donors (Lipinski definition) is 3. The predicted molar refractivity (Wildman–Crippen MR) is 89.6 cm³/mol. The Labute approximate surface area is 145 Å². The molecule has 0 spiro atoms. The molecule has 8 heteroatoms. The van der Waals surface area contributed by atoms with E-state index in [1.54, 1.807) is 23.7 Å². The molecular weight excluding hydrogens is 326 g/mol. The molecule has 25 heavy (non-hydrogen) atoms. The Kier molecular flexibility index (Phi) is 6.53. The van der Waals surface area contributed by atoms with E-state index in [1.165, 1.54) is 7.11 Å². The summed E-state index contributed by atoms with van der Waals surface area (Å²) in [7, 11) is 1.54.